The molecule has 2 unspecified atom stereocenters. The number of aliphatic hydroxyl groups excluding tert-OH is 2. The maximum atomic E-state index is 12.6. The van der Waals surface area contributed by atoms with Crippen LogP contribution in [0.5, 0.6) is 0 Å². The molecule has 0 bridgehead atoms. The third-order valence-electron chi connectivity index (χ3n) is 19.6. The van der Waals surface area contributed by atoms with Crippen LogP contribution in [0.25, 0.3) is 0 Å². The van der Waals surface area contributed by atoms with Crippen LogP contribution in [-0.4, -0.2) is 47.4 Å². The van der Waals surface area contributed by atoms with Crippen LogP contribution in [0, 0.1) is 0 Å². The SMILES string of the molecule is CCCCCCCCCCCCCCCCCCCCCCCCC(O)C(CO)NC(=O)CCCCCCCCCCCCCCCCCCC/C=C\CCCCCCCCCCCCCCCCOC(=O)CCCCCCCCCCCCCCCC. The Morgan fingerprint density at radius 3 is 0.807 bits per heavy atom. The van der Waals surface area contributed by atoms with E-state index >= 15 is 0 Å². The van der Waals surface area contributed by atoms with E-state index in [1.54, 1.807) is 0 Å². The highest BCUT2D eigenvalue weighted by molar-refractivity contribution is 5.76. The van der Waals surface area contributed by atoms with E-state index in [2.05, 4.69) is 31.3 Å². The molecule has 0 spiro atoms. The van der Waals surface area contributed by atoms with Crippen molar-refractivity contribution in [1.82, 2.24) is 5.32 Å². The predicted octanol–water partition coefficient (Wildman–Crippen LogP) is 27.1. The summed E-state index contributed by atoms with van der Waals surface area (Å²) in [6.45, 7) is 5.02. The molecule has 3 N–H and O–H groups in total. The van der Waals surface area contributed by atoms with Crippen LogP contribution >= 0.6 is 0 Å². The third kappa shape index (κ3) is 73.6. The highest BCUT2D eigenvalue weighted by atomic mass is 16.5. The van der Waals surface area contributed by atoms with E-state index in [1.807, 2.05) is 0 Å². The summed E-state index contributed by atoms with van der Waals surface area (Å²) >= 11 is 0. The molecule has 0 aromatic carbocycles. The summed E-state index contributed by atoms with van der Waals surface area (Å²) in [7, 11) is 0. The van der Waals surface area contributed by atoms with Crippen molar-refractivity contribution in [2.45, 2.75) is 488 Å². The topological polar surface area (TPSA) is 95.9 Å². The number of carbonyl (C=O) groups excluding carboxylic acids is 2. The van der Waals surface area contributed by atoms with Crippen molar-refractivity contribution in [1.29, 1.82) is 0 Å². The maximum Gasteiger partial charge on any atom is 0.305 e. The molecule has 0 aromatic rings. The van der Waals surface area contributed by atoms with Gasteiger partial charge < -0.3 is 20.3 Å². The second-order valence-corrected chi connectivity index (χ2v) is 28.5. The molecule has 524 valence electrons. The van der Waals surface area contributed by atoms with Crippen LogP contribution in [0.2, 0.25) is 0 Å². The first-order valence-corrected chi connectivity index (χ1v) is 40.9. The van der Waals surface area contributed by atoms with Crippen molar-refractivity contribution in [3.8, 4) is 0 Å². The number of unbranched alkanes of at least 4 members (excludes halogenated alkanes) is 65. The van der Waals surface area contributed by atoms with E-state index in [0.717, 1.165) is 38.5 Å². The number of amides is 1. The molecule has 1 amide bonds. The Balaban J connectivity index is 3.33. The van der Waals surface area contributed by atoms with Crippen molar-refractivity contribution in [3.05, 3.63) is 12.2 Å². The van der Waals surface area contributed by atoms with Crippen LogP contribution in [0.3, 0.4) is 0 Å². The second-order valence-electron chi connectivity index (χ2n) is 28.5. The van der Waals surface area contributed by atoms with E-state index in [4.69, 9.17) is 4.74 Å². The molecule has 0 radical (unpaired) electrons. The number of ether oxygens (including phenoxy) is 1. The van der Waals surface area contributed by atoms with Gasteiger partial charge >= 0.3 is 5.97 Å². The van der Waals surface area contributed by atoms with E-state index in [0.29, 0.717) is 25.9 Å². The molecular formula is C82H161NO5. The quantitative estimate of drug-likeness (QED) is 0.0320. The van der Waals surface area contributed by atoms with Gasteiger partial charge in [-0.05, 0) is 51.4 Å². The lowest BCUT2D eigenvalue weighted by Crippen LogP contribution is -2.45. The molecule has 2 atom stereocenters. The van der Waals surface area contributed by atoms with Crippen molar-refractivity contribution in [2.24, 2.45) is 0 Å². The minimum atomic E-state index is -0.662. The van der Waals surface area contributed by atoms with Crippen LogP contribution < -0.4 is 5.32 Å². The van der Waals surface area contributed by atoms with Crippen LogP contribution in [0.1, 0.15) is 476 Å². The summed E-state index contributed by atoms with van der Waals surface area (Å²) in [6.07, 6.45) is 98.9. The van der Waals surface area contributed by atoms with Gasteiger partial charge in [0, 0.05) is 12.8 Å². The summed E-state index contributed by atoms with van der Waals surface area (Å²) in [5.74, 6) is -0.00159. The van der Waals surface area contributed by atoms with Gasteiger partial charge in [0.2, 0.25) is 5.91 Å². The molecule has 6 heteroatoms. The highest BCUT2D eigenvalue weighted by Gasteiger charge is 2.20. The average molecular weight is 1240 g/mol. The van der Waals surface area contributed by atoms with Crippen molar-refractivity contribution < 1.29 is 24.5 Å². The van der Waals surface area contributed by atoms with Gasteiger partial charge in [-0.1, -0.05) is 424 Å². The molecule has 0 aliphatic heterocycles. The highest BCUT2D eigenvalue weighted by Crippen LogP contribution is 2.21. The molecule has 0 aliphatic carbocycles. The van der Waals surface area contributed by atoms with Gasteiger partial charge in [-0.3, -0.25) is 9.59 Å². The average Bonchev–Trinajstić information content (AvgIpc) is 3.58. The van der Waals surface area contributed by atoms with Gasteiger partial charge in [-0.15, -0.1) is 0 Å². The largest absolute Gasteiger partial charge is 0.466 e. The smallest absolute Gasteiger partial charge is 0.305 e. The molecule has 0 saturated heterocycles. The monoisotopic (exact) mass is 1240 g/mol. The Morgan fingerprint density at radius 1 is 0.307 bits per heavy atom. The van der Waals surface area contributed by atoms with E-state index in [1.165, 1.54) is 405 Å². The molecule has 0 heterocycles. The number of carbonyl (C=O) groups is 2. The number of hydrogen-bond acceptors (Lipinski definition) is 5. The zero-order valence-electron chi connectivity index (χ0n) is 60.3. The fourth-order valence-corrected chi connectivity index (χ4v) is 13.3. The fourth-order valence-electron chi connectivity index (χ4n) is 13.3. The molecule has 0 aromatic heterocycles. The normalized spacial score (nSPS) is 12.5. The molecule has 88 heavy (non-hydrogen) atoms. The molecule has 0 saturated carbocycles. The Kier molecular flexibility index (Phi) is 76.8. The van der Waals surface area contributed by atoms with Crippen LogP contribution in [0.4, 0.5) is 0 Å². The minimum absolute atomic E-state index is 0.0238. The van der Waals surface area contributed by atoms with Gasteiger partial charge in [-0.25, -0.2) is 0 Å². The Morgan fingerprint density at radius 2 is 0.534 bits per heavy atom. The molecule has 0 rings (SSSR count). The van der Waals surface area contributed by atoms with E-state index in [-0.39, 0.29) is 18.5 Å². The van der Waals surface area contributed by atoms with Gasteiger partial charge in [0.15, 0.2) is 0 Å². The number of esters is 1. The van der Waals surface area contributed by atoms with Gasteiger partial charge in [0.25, 0.3) is 0 Å². The summed E-state index contributed by atoms with van der Waals surface area (Å²) in [5.41, 5.74) is 0. The number of rotatable bonds is 78. The first kappa shape index (κ1) is 86.6. The van der Waals surface area contributed by atoms with Crippen LogP contribution in [0.15, 0.2) is 12.2 Å². The number of aliphatic hydroxyl groups is 2. The standard InChI is InChI=1S/C82H161NO5/c1-3-5-7-9-11-13-15-17-19-20-21-22-38-41-44-47-50-54-58-62-66-70-74-80(85)79(78-84)83-81(86)75-71-67-63-59-55-51-48-45-42-39-36-34-32-30-28-26-24-23-25-27-29-31-33-35-37-40-43-46-49-53-57-61-65-69-73-77-88-82(87)76-72-68-64-60-56-52-18-16-14-12-10-8-6-4-2/h25,27,79-80,84-85H,3-24,26,28-78H2,1-2H3,(H,83,86)/b27-25-. The Hall–Kier alpha value is -1.40. The summed E-state index contributed by atoms with van der Waals surface area (Å²) in [4.78, 5) is 24.7. The van der Waals surface area contributed by atoms with E-state index < -0.39 is 12.1 Å². The van der Waals surface area contributed by atoms with E-state index in [9.17, 15) is 19.8 Å². The number of hydrogen-bond donors (Lipinski definition) is 3. The Labute approximate surface area is 552 Å². The Bertz CT molecular complexity index is 1340. The van der Waals surface area contributed by atoms with Crippen molar-refractivity contribution in [3.63, 3.8) is 0 Å². The lowest BCUT2D eigenvalue weighted by molar-refractivity contribution is -0.143. The second kappa shape index (κ2) is 78.0. The first-order chi connectivity index (χ1) is 43.5. The molecule has 0 fully saturated rings. The first-order valence-electron chi connectivity index (χ1n) is 40.9. The number of allylic oxidation sites excluding steroid dienone is 2. The molecule has 6 nitrogen and oxygen atoms in total. The minimum Gasteiger partial charge on any atom is -0.466 e. The van der Waals surface area contributed by atoms with Gasteiger partial charge in [0.1, 0.15) is 0 Å². The molecule has 0 aliphatic rings. The van der Waals surface area contributed by atoms with Crippen molar-refractivity contribution >= 4 is 11.9 Å². The zero-order valence-corrected chi connectivity index (χ0v) is 60.3. The maximum absolute atomic E-state index is 12.6. The van der Waals surface area contributed by atoms with Gasteiger partial charge in [-0.2, -0.15) is 0 Å². The summed E-state index contributed by atoms with van der Waals surface area (Å²) in [6, 6.07) is -0.539. The van der Waals surface area contributed by atoms with Crippen LogP contribution in [-0.2, 0) is 14.3 Å². The lowest BCUT2D eigenvalue weighted by atomic mass is 10.0. The fraction of sp³-hybridized carbons (Fsp3) is 0.951. The number of nitrogens with one attached hydrogen (secondary N) is 1. The third-order valence-corrected chi connectivity index (χ3v) is 19.6. The van der Waals surface area contributed by atoms with Gasteiger partial charge in [0.05, 0.1) is 25.4 Å². The summed E-state index contributed by atoms with van der Waals surface area (Å²) < 4.78 is 5.50. The lowest BCUT2D eigenvalue weighted by Gasteiger charge is -2.22. The molecular weight excluding hydrogens is 1080 g/mol. The predicted molar refractivity (Wildman–Crippen MR) is 389 cm³/mol. The van der Waals surface area contributed by atoms with Crippen molar-refractivity contribution in [2.75, 3.05) is 13.2 Å². The zero-order chi connectivity index (χ0) is 63.5. The summed E-state index contributed by atoms with van der Waals surface area (Å²) in [5, 5.41) is 23.5.